The van der Waals surface area contributed by atoms with Gasteiger partial charge in [-0.15, -0.1) is 0 Å². The van der Waals surface area contributed by atoms with Crippen LogP contribution < -0.4 is 0 Å². The molecule has 0 atom stereocenters. The summed E-state index contributed by atoms with van der Waals surface area (Å²) in [6, 6.07) is 3.79. The van der Waals surface area contributed by atoms with Gasteiger partial charge in [-0.3, -0.25) is 4.98 Å². The van der Waals surface area contributed by atoms with Gasteiger partial charge >= 0.3 is 0 Å². The molecule has 68 valence electrons. The minimum Gasteiger partial charge on any atom is -0.339 e. The van der Waals surface area contributed by atoms with Crippen molar-refractivity contribution in [2.45, 2.75) is 10.1 Å². The molecule has 0 aromatic carbocycles. The standard InChI is InChI=1S/C9H6N4S/c10-5-7-1-2-11-6-8(7)14-9-12-3-4-13-9/h1-4,6H,(H,12,13). The van der Waals surface area contributed by atoms with Gasteiger partial charge in [-0.05, 0) is 17.8 Å². The Morgan fingerprint density at radius 2 is 2.36 bits per heavy atom. The van der Waals surface area contributed by atoms with Crippen LogP contribution in [0.4, 0.5) is 0 Å². The van der Waals surface area contributed by atoms with E-state index in [1.54, 1.807) is 30.9 Å². The molecule has 0 aliphatic carbocycles. The van der Waals surface area contributed by atoms with Crippen molar-refractivity contribution >= 4 is 11.8 Å². The molecule has 0 spiro atoms. The van der Waals surface area contributed by atoms with E-state index in [9.17, 15) is 0 Å². The van der Waals surface area contributed by atoms with Crippen LogP contribution in [0.2, 0.25) is 0 Å². The molecular formula is C9H6N4S. The van der Waals surface area contributed by atoms with Crippen LogP contribution >= 0.6 is 11.8 Å². The summed E-state index contributed by atoms with van der Waals surface area (Å²) in [5.41, 5.74) is 0.612. The Morgan fingerprint density at radius 1 is 1.43 bits per heavy atom. The van der Waals surface area contributed by atoms with E-state index in [2.05, 4.69) is 21.0 Å². The predicted octanol–water partition coefficient (Wildman–Crippen LogP) is 1.83. The van der Waals surface area contributed by atoms with E-state index in [-0.39, 0.29) is 0 Å². The van der Waals surface area contributed by atoms with Gasteiger partial charge in [-0.1, -0.05) is 0 Å². The van der Waals surface area contributed by atoms with Crippen molar-refractivity contribution in [2.24, 2.45) is 0 Å². The Kier molecular flexibility index (Phi) is 2.47. The van der Waals surface area contributed by atoms with Crippen LogP contribution in [0, 0.1) is 11.3 Å². The third-order valence-electron chi connectivity index (χ3n) is 1.58. The van der Waals surface area contributed by atoms with Gasteiger partial charge in [0, 0.05) is 24.8 Å². The smallest absolute Gasteiger partial charge is 0.170 e. The van der Waals surface area contributed by atoms with Crippen LogP contribution in [0.25, 0.3) is 0 Å². The van der Waals surface area contributed by atoms with Crippen molar-refractivity contribution in [1.29, 1.82) is 5.26 Å². The maximum absolute atomic E-state index is 8.83. The molecule has 14 heavy (non-hydrogen) atoms. The van der Waals surface area contributed by atoms with Gasteiger partial charge in [0.25, 0.3) is 0 Å². The summed E-state index contributed by atoms with van der Waals surface area (Å²) in [6.45, 7) is 0. The average Bonchev–Trinajstić information content (AvgIpc) is 2.71. The van der Waals surface area contributed by atoms with Crippen LogP contribution in [0.3, 0.4) is 0 Å². The van der Waals surface area contributed by atoms with Gasteiger partial charge in [0.15, 0.2) is 5.16 Å². The summed E-state index contributed by atoms with van der Waals surface area (Å²) in [6.07, 6.45) is 6.67. The number of hydrogen-bond acceptors (Lipinski definition) is 4. The van der Waals surface area contributed by atoms with Crippen LogP contribution in [0.5, 0.6) is 0 Å². The molecule has 0 fully saturated rings. The topological polar surface area (TPSA) is 65.4 Å². The van der Waals surface area contributed by atoms with E-state index in [0.29, 0.717) is 5.56 Å². The zero-order chi connectivity index (χ0) is 9.80. The SMILES string of the molecule is N#Cc1ccncc1Sc1ncc[nH]1. The van der Waals surface area contributed by atoms with Crippen LogP contribution in [0.15, 0.2) is 40.9 Å². The summed E-state index contributed by atoms with van der Waals surface area (Å²) >= 11 is 1.39. The first-order valence-electron chi connectivity index (χ1n) is 3.91. The quantitative estimate of drug-likeness (QED) is 0.806. The van der Waals surface area contributed by atoms with Gasteiger partial charge in [0.05, 0.1) is 10.5 Å². The molecule has 0 saturated carbocycles. The molecule has 2 aromatic heterocycles. The molecule has 1 N–H and O–H groups in total. The molecule has 0 radical (unpaired) electrons. The first-order chi connectivity index (χ1) is 6.90. The number of pyridine rings is 1. The molecule has 2 aromatic rings. The number of rotatable bonds is 2. The highest BCUT2D eigenvalue weighted by molar-refractivity contribution is 7.99. The van der Waals surface area contributed by atoms with Gasteiger partial charge < -0.3 is 4.98 Å². The normalized spacial score (nSPS) is 9.64. The number of nitrogens with one attached hydrogen (secondary N) is 1. The summed E-state index contributed by atoms with van der Waals surface area (Å²) in [5.74, 6) is 0. The highest BCUT2D eigenvalue weighted by Gasteiger charge is 2.04. The third kappa shape index (κ3) is 1.75. The lowest BCUT2D eigenvalue weighted by molar-refractivity contribution is 1.05. The van der Waals surface area contributed by atoms with Crippen LogP contribution in [-0.2, 0) is 0 Å². The second-order valence-electron chi connectivity index (χ2n) is 2.48. The number of imidazole rings is 1. The summed E-state index contributed by atoms with van der Waals surface area (Å²) in [5, 5.41) is 9.58. The molecule has 5 heteroatoms. The number of hydrogen-bond donors (Lipinski definition) is 1. The minimum absolute atomic E-state index is 0.612. The molecule has 2 heterocycles. The van der Waals surface area contributed by atoms with Crippen molar-refractivity contribution < 1.29 is 0 Å². The zero-order valence-electron chi connectivity index (χ0n) is 7.14. The zero-order valence-corrected chi connectivity index (χ0v) is 7.95. The number of nitrogens with zero attached hydrogens (tertiary/aromatic N) is 3. The number of H-pyrrole nitrogens is 1. The Labute approximate surface area is 85.0 Å². The van der Waals surface area contributed by atoms with E-state index < -0.39 is 0 Å². The van der Waals surface area contributed by atoms with Crippen molar-refractivity contribution in [1.82, 2.24) is 15.0 Å². The number of nitriles is 1. The lowest BCUT2D eigenvalue weighted by Crippen LogP contribution is -1.83. The fourth-order valence-corrected chi connectivity index (χ4v) is 1.75. The van der Waals surface area contributed by atoms with E-state index in [4.69, 9.17) is 5.26 Å². The number of aromatic nitrogens is 3. The highest BCUT2D eigenvalue weighted by Crippen LogP contribution is 2.26. The van der Waals surface area contributed by atoms with E-state index in [1.165, 1.54) is 11.8 Å². The minimum atomic E-state index is 0.612. The van der Waals surface area contributed by atoms with E-state index in [0.717, 1.165) is 10.1 Å². The Hall–Kier alpha value is -1.80. The molecule has 4 nitrogen and oxygen atoms in total. The third-order valence-corrected chi connectivity index (χ3v) is 2.55. The summed E-state index contributed by atoms with van der Waals surface area (Å²) in [4.78, 5) is 11.8. The monoisotopic (exact) mass is 202 g/mol. The van der Waals surface area contributed by atoms with Crippen LogP contribution in [0.1, 0.15) is 5.56 Å². The predicted molar refractivity (Wildman–Crippen MR) is 51.7 cm³/mol. The fraction of sp³-hybridized carbons (Fsp3) is 0. The Bertz CT molecular complexity index is 458. The number of aromatic amines is 1. The van der Waals surface area contributed by atoms with E-state index in [1.807, 2.05) is 0 Å². The Morgan fingerprint density at radius 3 is 3.07 bits per heavy atom. The average molecular weight is 202 g/mol. The molecular weight excluding hydrogens is 196 g/mol. The fourth-order valence-electron chi connectivity index (χ4n) is 0.964. The first kappa shape index (κ1) is 8.78. The molecule has 0 amide bonds. The second-order valence-corrected chi connectivity index (χ2v) is 3.51. The molecule has 0 unspecified atom stereocenters. The first-order valence-corrected chi connectivity index (χ1v) is 4.73. The molecule has 0 saturated heterocycles. The molecule has 0 bridgehead atoms. The molecule has 0 aliphatic heterocycles. The molecule has 2 rings (SSSR count). The maximum atomic E-state index is 8.83. The highest BCUT2D eigenvalue weighted by atomic mass is 32.2. The summed E-state index contributed by atoms with van der Waals surface area (Å²) in [7, 11) is 0. The maximum Gasteiger partial charge on any atom is 0.170 e. The van der Waals surface area contributed by atoms with Crippen molar-refractivity contribution in [3.05, 3.63) is 36.4 Å². The van der Waals surface area contributed by atoms with Crippen molar-refractivity contribution in [2.75, 3.05) is 0 Å². The largest absolute Gasteiger partial charge is 0.339 e. The Balaban J connectivity index is 2.30. The van der Waals surface area contributed by atoms with Gasteiger partial charge in [-0.2, -0.15) is 5.26 Å². The van der Waals surface area contributed by atoms with Gasteiger partial charge in [-0.25, -0.2) is 4.98 Å². The lowest BCUT2D eigenvalue weighted by Gasteiger charge is -1.98. The van der Waals surface area contributed by atoms with Crippen LogP contribution in [-0.4, -0.2) is 15.0 Å². The second kappa shape index (κ2) is 3.94. The van der Waals surface area contributed by atoms with Crippen molar-refractivity contribution in [3.8, 4) is 6.07 Å². The molecule has 0 aliphatic rings. The lowest BCUT2D eigenvalue weighted by atomic mass is 10.3. The van der Waals surface area contributed by atoms with Gasteiger partial charge in [0.1, 0.15) is 6.07 Å². The van der Waals surface area contributed by atoms with E-state index >= 15 is 0 Å². The van der Waals surface area contributed by atoms with Gasteiger partial charge in [0.2, 0.25) is 0 Å². The summed E-state index contributed by atoms with van der Waals surface area (Å²) < 4.78 is 0. The van der Waals surface area contributed by atoms with Crippen molar-refractivity contribution in [3.63, 3.8) is 0 Å².